The predicted molar refractivity (Wildman–Crippen MR) is 124 cm³/mol. The van der Waals surface area contributed by atoms with Crippen molar-refractivity contribution in [2.75, 3.05) is 18.4 Å². The van der Waals surface area contributed by atoms with Gasteiger partial charge in [0.05, 0.1) is 5.56 Å². The van der Waals surface area contributed by atoms with Gasteiger partial charge in [0.1, 0.15) is 0 Å². The fourth-order valence-corrected chi connectivity index (χ4v) is 3.81. The molecule has 3 rings (SSSR count). The smallest absolute Gasteiger partial charge is 0.257 e. The van der Waals surface area contributed by atoms with Gasteiger partial charge in [0.15, 0.2) is 0 Å². The van der Waals surface area contributed by atoms with Crippen molar-refractivity contribution in [3.05, 3.63) is 59.4 Å². The Balaban J connectivity index is 1.57. The molecule has 2 amide bonds. The minimum Gasteiger partial charge on any atom is -0.351 e. The predicted octanol–water partition coefficient (Wildman–Crippen LogP) is 4.16. The molecule has 6 heteroatoms. The van der Waals surface area contributed by atoms with Crippen molar-refractivity contribution in [1.82, 2.24) is 15.2 Å². The van der Waals surface area contributed by atoms with E-state index < -0.39 is 0 Å². The van der Waals surface area contributed by atoms with Crippen molar-refractivity contribution in [2.45, 2.75) is 59.5 Å². The Hall–Kier alpha value is -2.73. The highest BCUT2D eigenvalue weighted by Crippen LogP contribution is 2.32. The molecule has 1 aromatic carbocycles. The zero-order chi connectivity index (χ0) is 22.6. The fraction of sp³-hybridized carbons (Fsp3) is 0.480. The second kappa shape index (κ2) is 9.18. The third kappa shape index (κ3) is 6.37. The number of nitrogens with one attached hydrogen (secondary N) is 2. The first-order chi connectivity index (χ1) is 14.5. The van der Waals surface area contributed by atoms with E-state index in [1.54, 1.807) is 12.4 Å². The Kier molecular flexibility index (Phi) is 6.80. The van der Waals surface area contributed by atoms with Gasteiger partial charge < -0.3 is 10.6 Å². The van der Waals surface area contributed by atoms with E-state index in [2.05, 4.69) is 33.5 Å². The molecule has 166 valence electrons. The number of carbonyl (C=O) groups excluding carboxylic acids is 2. The third-order valence-electron chi connectivity index (χ3n) is 5.72. The lowest BCUT2D eigenvalue weighted by Gasteiger charge is -2.39. The van der Waals surface area contributed by atoms with Crippen molar-refractivity contribution in [3.63, 3.8) is 0 Å². The quantitative estimate of drug-likeness (QED) is 0.759. The highest BCUT2D eigenvalue weighted by molar-refractivity contribution is 6.04. The Labute approximate surface area is 185 Å². The summed E-state index contributed by atoms with van der Waals surface area (Å²) >= 11 is 0. The normalized spacial score (nSPS) is 16.5. The van der Waals surface area contributed by atoms with Gasteiger partial charge in [-0.25, -0.2) is 0 Å². The van der Waals surface area contributed by atoms with Crippen LogP contribution in [0.5, 0.6) is 0 Å². The van der Waals surface area contributed by atoms with Crippen molar-refractivity contribution >= 4 is 17.5 Å². The van der Waals surface area contributed by atoms with Crippen LogP contribution in [0.4, 0.5) is 5.69 Å². The molecule has 31 heavy (non-hydrogen) atoms. The van der Waals surface area contributed by atoms with E-state index in [1.807, 2.05) is 52.0 Å². The van der Waals surface area contributed by atoms with Crippen LogP contribution < -0.4 is 10.6 Å². The van der Waals surface area contributed by atoms with Gasteiger partial charge in [0.25, 0.3) is 5.91 Å². The van der Waals surface area contributed by atoms with E-state index in [4.69, 9.17) is 0 Å². The molecule has 1 aliphatic heterocycles. The van der Waals surface area contributed by atoms with Gasteiger partial charge >= 0.3 is 0 Å². The zero-order valence-electron chi connectivity index (χ0n) is 19.3. The minimum absolute atomic E-state index is 0.148. The van der Waals surface area contributed by atoms with Gasteiger partial charge in [-0.1, -0.05) is 19.1 Å². The Morgan fingerprint density at radius 1 is 1.13 bits per heavy atom. The number of pyridine rings is 1. The maximum absolute atomic E-state index is 12.7. The van der Waals surface area contributed by atoms with E-state index in [0.29, 0.717) is 5.56 Å². The number of carbonyl (C=O) groups is 2. The fourth-order valence-electron chi connectivity index (χ4n) is 3.81. The van der Waals surface area contributed by atoms with Gasteiger partial charge in [0.2, 0.25) is 5.91 Å². The van der Waals surface area contributed by atoms with E-state index >= 15 is 0 Å². The molecule has 0 saturated carbocycles. The van der Waals surface area contributed by atoms with Crippen LogP contribution in [0.25, 0.3) is 0 Å². The van der Waals surface area contributed by atoms with Gasteiger partial charge in [-0.3, -0.25) is 19.5 Å². The molecule has 0 spiro atoms. The summed E-state index contributed by atoms with van der Waals surface area (Å²) in [6.45, 7) is 12.6. The summed E-state index contributed by atoms with van der Waals surface area (Å²) in [5.74, 6) is -0.0121. The van der Waals surface area contributed by atoms with Gasteiger partial charge in [-0.15, -0.1) is 0 Å². The summed E-state index contributed by atoms with van der Waals surface area (Å²) in [7, 11) is 0. The van der Waals surface area contributed by atoms with Crippen LogP contribution >= 0.6 is 0 Å². The molecule has 1 fully saturated rings. The molecule has 1 saturated heterocycles. The first-order valence-corrected chi connectivity index (χ1v) is 10.9. The van der Waals surface area contributed by atoms with Crippen molar-refractivity contribution in [3.8, 4) is 0 Å². The van der Waals surface area contributed by atoms with Crippen LogP contribution in [-0.4, -0.2) is 40.3 Å². The monoisotopic (exact) mass is 422 g/mol. The lowest BCUT2D eigenvalue weighted by molar-refractivity contribution is -0.134. The first-order valence-electron chi connectivity index (χ1n) is 10.9. The second-order valence-corrected chi connectivity index (χ2v) is 9.95. The summed E-state index contributed by atoms with van der Waals surface area (Å²) in [6.07, 6.45) is 4.98. The standard InChI is InChI=1S/C25H34N4O2/c1-18-13-20(16-26-15-18)22(30)27-21-8-6-7-19(14-21)17-29-11-9-25(5,10-12-29)23(31)28-24(2,3)4/h6-8,13-16H,9-12,17H2,1-5H3,(H,27,30)(H,28,31). The summed E-state index contributed by atoms with van der Waals surface area (Å²) < 4.78 is 0. The maximum Gasteiger partial charge on any atom is 0.257 e. The van der Waals surface area contributed by atoms with Crippen LogP contribution in [-0.2, 0) is 11.3 Å². The molecular weight excluding hydrogens is 388 g/mol. The van der Waals surface area contributed by atoms with E-state index in [-0.39, 0.29) is 22.8 Å². The van der Waals surface area contributed by atoms with Gasteiger partial charge in [-0.05, 0) is 83.0 Å². The molecule has 0 unspecified atom stereocenters. The number of benzene rings is 1. The number of amides is 2. The van der Waals surface area contributed by atoms with Gasteiger partial charge in [-0.2, -0.15) is 0 Å². The van der Waals surface area contributed by atoms with Crippen molar-refractivity contribution in [1.29, 1.82) is 0 Å². The molecule has 2 N–H and O–H groups in total. The topological polar surface area (TPSA) is 74.3 Å². The average Bonchev–Trinajstić information content (AvgIpc) is 2.69. The largest absolute Gasteiger partial charge is 0.351 e. The second-order valence-electron chi connectivity index (χ2n) is 9.95. The molecule has 1 aromatic heterocycles. The molecule has 0 aliphatic carbocycles. The number of hydrogen-bond acceptors (Lipinski definition) is 4. The van der Waals surface area contributed by atoms with Crippen LogP contribution in [0.1, 0.15) is 62.0 Å². The number of anilines is 1. The Bertz CT molecular complexity index is 941. The van der Waals surface area contributed by atoms with Crippen molar-refractivity contribution < 1.29 is 9.59 Å². The number of nitrogens with zero attached hydrogens (tertiary/aromatic N) is 2. The van der Waals surface area contributed by atoms with E-state index in [0.717, 1.165) is 49.3 Å². The van der Waals surface area contributed by atoms with Crippen LogP contribution in [0.2, 0.25) is 0 Å². The van der Waals surface area contributed by atoms with E-state index in [1.165, 1.54) is 0 Å². The summed E-state index contributed by atoms with van der Waals surface area (Å²) in [5.41, 5.74) is 2.89. The lowest BCUT2D eigenvalue weighted by Crippen LogP contribution is -2.51. The Morgan fingerprint density at radius 2 is 1.84 bits per heavy atom. The SMILES string of the molecule is Cc1cncc(C(=O)Nc2cccc(CN3CCC(C)(C(=O)NC(C)(C)C)CC3)c2)c1. The highest BCUT2D eigenvalue weighted by atomic mass is 16.2. The van der Waals surface area contributed by atoms with Gasteiger partial charge in [0, 0.05) is 35.6 Å². The first kappa shape index (κ1) is 22.9. The summed E-state index contributed by atoms with van der Waals surface area (Å²) in [6, 6.07) is 9.77. The third-order valence-corrected chi connectivity index (χ3v) is 5.72. The van der Waals surface area contributed by atoms with Crippen LogP contribution in [0.15, 0.2) is 42.7 Å². The summed E-state index contributed by atoms with van der Waals surface area (Å²) in [4.78, 5) is 31.7. The number of likely N-dealkylation sites (tertiary alicyclic amines) is 1. The highest BCUT2D eigenvalue weighted by Gasteiger charge is 2.38. The molecule has 0 atom stereocenters. The number of piperidine rings is 1. The van der Waals surface area contributed by atoms with Crippen LogP contribution in [0.3, 0.4) is 0 Å². The number of rotatable bonds is 5. The average molecular weight is 423 g/mol. The molecule has 2 aromatic rings. The number of hydrogen-bond donors (Lipinski definition) is 2. The van der Waals surface area contributed by atoms with E-state index in [9.17, 15) is 9.59 Å². The molecule has 6 nitrogen and oxygen atoms in total. The zero-order valence-corrected chi connectivity index (χ0v) is 19.3. The number of aromatic nitrogens is 1. The Morgan fingerprint density at radius 3 is 2.48 bits per heavy atom. The number of aryl methyl sites for hydroxylation is 1. The molecular formula is C25H34N4O2. The minimum atomic E-state index is -0.318. The molecule has 1 aliphatic rings. The van der Waals surface area contributed by atoms with Crippen LogP contribution in [0, 0.1) is 12.3 Å². The molecule has 2 heterocycles. The van der Waals surface area contributed by atoms with Crippen molar-refractivity contribution in [2.24, 2.45) is 5.41 Å². The lowest BCUT2D eigenvalue weighted by atomic mass is 9.79. The molecule has 0 radical (unpaired) electrons. The maximum atomic E-state index is 12.7. The molecule has 0 bridgehead atoms. The summed E-state index contributed by atoms with van der Waals surface area (Å²) in [5, 5.41) is 6.10.